The van der Waals surface area contributed by atoms with Crippen molar-refractivity contribution in [3.05, 3.63) is 0 Å². The molecule has 0 aliphatic heterocycles. The lowest BCUT2D eigenvalue weighted by molar-refractivity contribution is -0.114. The van der Waals surface area contributed by atoms with Crippen LogP contribution in [0, 0.1) is 0 Å². The highest BCUT2D eigenvalue weighted by atomic mass is 19.1. The Morgan fingerprint density at radius 3 is 2.33 bits per heavy atom. The lowest BCUT2D eigenvalue weighted by Gasteiger charge is -2.42. The van der Waals surface area contributed by atoms with Gasteiger partial charge in [0, 0.05) is 20.0 Å². The second-order valence-electron chi connectivity index (χ2n) is 2.75. The van der Waals surface area contributed by atoms with Crippen molar-refractivity contribution < 1.29 is 9.13 Å². The van der Waals surface area contributed by atoms with Gasteiger partial charge < -0.3 is 4.74 Å². The average molecular weight is 132 g/mol. The summed E-state index contributed by atoms with van der Waals surface area (Å²) in [7, 11) is 1.66. The molecule has 0 heterocycles. The minimum atomic E-state index is -0.607. The highest BCUT2D eigenvalue weighted by Crippen LogP contribution is 2.39. The quantitative estimate of drug-likeness (QED) is 0.557. The first-order valence-electron chi connectivity index (χ1n) is 3.41. The molecule has 0 unspecified atom stereocenters. The third kappa shape index (κ3) is 1.08. The summed E-state index contributed by atoms with van der Waals surface area (Å²) in [5, 5.41) is 0. The molecule has 0 bridgehead atoms. The molecule has 0 saturated heterocycles. The van der Waals surface area contributed by atoms with Crippen LogP contribution in [-0.2, 0) is 4.74 Å². The molecule has 0 N–H and O–H groups in total. The molecule has 1 fully saturated rings. The number of hydrogen-bond acceptors (Lipinski definition) is 1. The van der Waals surface area contributed by atoms with Crippen LogP contribution >= 0.6 is 0 Å². The third-order valence-electron chi connectivity index (χ3n) is 2.26. The molecule has 0 atom stereocenters. The van der Waals surface area contributed by atoms with E-state index in [-0.39, 0.29) is 5.60 Å². The molecule has 9 heavy (non-hydrogen) atoms. The van der Waals surface area contributed by atoms with Crippen LogP contribution in [0.2, 0.25) is 0 Å². The van der Waals surface area contributed by atoms with Gasteiger partial charge in [0.15, 0.2) is 0 Å². The predicted octanol–water partition coefficient (Wildman–Crippen LogP) is 1.91. The van der Waals surface area contributed by atoms with E-state index in [1.54, 1.807) is 7.11 Å². The molecule has 54 valence electrons. The molecular formula is C7H13FO. The summed E-state index contributed by atoms with van der Waals surface area (Å²) in [5.41, 5.74) is -0.0978. The van der Waals surface area contributed by atoms with Crippen LogP contribution in [-0.4, -0.2) is 18.9 Å². The minimum absolute atomic E-state index is 0.0978. The smallest absolute Gasteiger partial charge is 0.106 e. The van der Waals surface area contributed by atoms with Crippen molar-refractivity contribution in [1.29, 1.82) is 0 Å². The van der Waals surface area contributed by atoms with E-state index in [1.165, 1.54) is 0 Å². The van der Waals surface area contributed by atoms with E-state index in [2.05, 4.69) is 0 Å². The molecule has 1 saturated carbocycles. The summed E-state index contributed by atoms with van der Waals surface area (Å²) in [4.78, 5) is 0. The van der Waals surface area contributed by atoms with Crippen LogP contribution in [0.1, 0.15) is 26.2 Å². The Kier molecular flexibility index (Phi) is 1.75. The lowest BCUT2D eigenvalue weighted by atomic mass is 9.76. The fourth-order valence-corrected chi connectivity index (χ4v) is 1.35. The van der Waals surface area contributed by atoms with Crippen LogP contribution in [0.3, 0.4) is 0 Å². The fraction of sp³-hybridized carbons (Fsp3) is 1.00. The summed E-state index contributed by atoms with van der Waals surface area (Å²) in [6.07, 6.45) is 1.52. The number of methoxy groups -OCH3 is 1. The summed E-state index contributed by atoms with van der Waals surface area (Å²) in [6.45, 7) is 2.04. The maximum Gasteiger partial charge on any atom is 0.106 e. The number of rotatable bonds is 2. The van der Waals surface area contributed by atoms with Gasteiger partial charge in [0.2, 0.25) is 0 Å². The van der Waals surface area contributed by atoms with Gasteiger partial charge in [-0.2, -0.15) is 0 Å². The Morgan fingerprint density at radius 1 is 1.67 bits per heavy atom. The van der Waals surface area contributed by atoms with Gasteiger partial charge in [-0.05, 0) is 6.42 Å². The third-order valence-corrected chi connectivity index (χ3v) is 2.26. The van der Waals surface area contributed by atoms with Crippen molar-refractivity contribution in [2.24, 2.45) is 0 Å². The Bertz CT molecular complexity index is 91.1. The molecule has 1 aliphatic rings. The summed E-state index contributed by atoms with van der Waals surface area (Å²) < 4.78 is 17.5. The molecule has 0 spiro atoms. The molecule has 2 heteroatoms. The van der Waals surface area contributed by atoms with Crippen LogP contribution in [0.15, 0.2) is 0 Å². The van der Waals surface area contributed by atoms with E-state index >= 15 is 0 Å². The highest BCUT2D eigenvalue weighted by Gasteiger charge is 2.43. The summed E-state index contributed by atoms with van der Waals surface area (Å²) in [5.74, 6) is 0. The maximum absolute atomic E-state index is 12.3. The van der Waals surface area contributed by atoms with Gasteiger partial charge in [0.25, 0.3) is 0 Å². The van der Waals surface area contributed by atoms with E-state index in [9.17, 15) is 4.39 Å². The summed E-state index contributed by atoms with van der Waals surface area (Å²) in [6, 6.07) is 0. The topological polar surface area (TPSA) is 9.23 Å². The van der Waals surface area contributed by atoms with Crippen molar-refractivity contribution in [1.82, 2.24) is 0 Å². The first-order valence-corrected chi connectivity index (χ1v) is 3.41. The number of alkyl halides is 1. The zero-order chi connectivity index (χ0) is 6.91. The molecule has 1 nitrogen and oxygen atoms in total. The van der Waals surface area contributed by atoms with Gasteiger partial charge in [-0.1, -0.05) is 6.92 Å². The Hall–Kier alpha value is -0.110. The van der Waals surface area contributed by atoms with Gasteiger partial charge in [0.05, 0.1) is 5.60 Å². The average Bonchev–Trinajstić information content (AvgIpc) is 1.81. The molecule has 0 aromatic rings. The molecular weight excluding hydrogens is 119 g/mol. The van der Waals surface area contributed by atoms with Crippen LogP contribution in [0.5, 0.6) is 0 Å². The second kappa shape index (κ2) is 2.25. The second-order valence-corrected chi connectivity index (χ2v) is 2.75. The Morgan fingerprint density at radius 2 is 2.22 bits per heavy atom. The van der Waals surface area contributed by atoms with Crippen LogP contribution < -0.4 is 0 Å². The first-order chi connectivity index (χ1) is 4.22. The standard InChI is InChI=1S/C7H13FO/c1-3-7(9-2)4-6(8)5-7/h6H,3-5H2,1-2H3. The van der Waals surface area contributed by atoms with Gasteiger partial charge in [-0.3, -0.25) is 0 Å². The van der Waals surface area contributed by atoms with Crippen LogP contribution in [0.4, 0.5) is 4.39 Å². The van der Waals surface area contributed by atoms with Gasteiger partial charge in [-0.25, -0.2) is 4.39 Å². The van der Waals surface area contributed by atoms with Crippen molar-refractivity contribution in [3.8, 4) is 0 Å². The molecule has 0 amide bonds. The zero-order valence-corrected chi connectivity index (χ0v) is 5.98. The van der Waals surface area contributed by atoms with Gasteiger partial charge >= 0.3 is 0 Å². The van der Waals surface area contributed by atoms with E-state index in [0.29, 0.717) is 12.8 Å². The molecule has 1 rings (SSSR count). The zero-order valence-electron chi connectivity index (χ0n) is 5.98. The van der Waals surface area contributed by atoms with E-state index in [0.717, 1.165) is 6.42 Å². The highest BCUT2D eigenvalue weighted by molar-refractivity contribution is 4.94. The van der Waals surface area contributed by atoms with E-state index in [4.69, 9.17) is 4.74 Å². The lowest BCUT2D eigenvalue weighted by Crippen LogP contribution is -2.46. The fourth-order valence-electron chi connectivity index (χ4n) is 1.35. The first kappa shape index (κ1) is 7.00. The van der Waals surface area contributed by atoms with Gasteiger partial charge in [-0.15, -0.1) is 0 Å². The SMILES string of the molecule is CCC1(OC)CC(F)C1. The number of hydrogen-bond donors (Lipinski definition) is 0. The Balaban J connectivity index is 2.36. The molecule has 1 aliphatic carbocycles. The van der Waals surface area contributed by atoms with Crippen molar-refractivity contribution in [2.75, 3.05) is 7.11 Å². The number of ether oxygens (including phenoxy) is 1. The molecule has 0 aromatic carbocycles. The number of halogens is 1. The van der Waals surface area contributed by atoms with Crippen molar-refractivity contribution in [3.63, 3.8) is 0 Å². The minimum Gasteiger partial charge on any atom is -0.378 e. The van der Waals surface area contributed by atoms with Crippen LogP contribution in [0.25, 0.3) is 0 Å². The van der Waals surface area contributed by atoms with E-state index < -0.39 is 6.17 Å². The predicted molar refractivity (Wildman–Crippen MR) is 34.2 cm³/mol. The molecule has 0 aromatic heterocycles. The maximum atomic E-state index is 12.3. The monoisotopic (exact) mass is 132 g/mol. The largest absolute Gasteiger partial charge is 0.378 e. The molecule has 0 radical (unpaired) electrons. The summed E-state index contributed by atoms with van der Waals surface area (Å²) >= 11 is 0. The van der Waals surface area contributed by atoms with Crippen molar-refractivity contribution in [2.45, 2.75) is 38.0 Å². The Labute approximate surface area is 55.2 Å². The van der Waals surface area contributed by atoms with E-state index in [1.807, 2.05) is 6.92 Å². The van der Waals surface area contributed by atoms with Crippen molar-refractivity contribution >= 4 is 0 Å². The normalized spacial score (nSPS) is 42.3. The van der Waals surface area contributed by atoms with Gasteiger partial charge in [0.1, 0.15) is 6.17 Å².